The number of unbranched alkanes of at least 4 members (excludes halogenated alkanes) is 11. The molecule has 0 aliphatic rings. The van der Waals surface area contributed by atoms with Crippen LogP contribution in [0.25, 0.3) is 0 Å². The highest BCUT2D eigenvalue weighted by molar-refractivity contribution is 5.38. The fraction of sp³-hybridized carbons (Fsp3) is 0.724. The molecule has 3 nitrogen and oxygen atoms in total. The molecule has 0 radical (unpaired) electrons. The van der Waals surface area contributed by atoms with Crippen LogP contribution in [0, 0.1) is 0 Å². The molecule has 0 spiro atoms. The summed E-state index contributed by atoms with van der Waals surface area (Å²) >= 11 is 0. The number of hydrogen-bond acceptors (Lipinski definition) is 3. The van der Waals surface area contributed by atoms with Crippen molar-refractivity contribution in [3.05, 3.63) is 35.9 Å². The van der Waals surface area contributed by atoms with Gasteiger partial charge in [0.1, 0.15) is 11.5 Å². The van der Waals surface area contributed by atoms with Gasteiger partial charge in [0.25, 0.3) is 0 Å². The normalized spacial score (nSPS) is 11.5. The van der Waals surface area contributed by atoms with E-state index in [-0.39, 0.29) is 0 Å². The van der Waals surface area contributed by atoms with Crippen molar-refractivity contribution >= 4 is 0 Å². The molecule has 1 aromatic carbocycles. The van der Waals surface area contributed by atoms with Gasteiger partial charge in [-0.25, -0.2) is 0 Å². The zero-order chi connectivity index (χ0) is 23.3. The number of hydrogen-bond donors (Lipinski definition) is 0. The largest absolute Gasteiger partial charge is 0.493 e. The van der Waals surface area contributed by atoms with Crippen molar-refractivity contribution < 1.29 is 9.47 Å². The molecule has 32 heavy (non-hydrogen) atoms. The molecule has 0 amide bonds. The minimum absolute atomic E-state index is 0.793. The summed E-state index contributed by atoms with van der Waals surface area (Å²) in [7, 11) is 4.20. The highest BCUT2D eigenvalue weighted by atomic mass is 16.5. The Morgan fingerprint density at radius 1 is 0.656 bits per heavy atom. The number of benzene rings is 1. The first-order chi connectivity index (χ1) is 15.7. The third kappa shape index (κ3) is 16.2. The van der Waals surface area contributed by atoms with E-state index in [1.54, 1.807) is 0 Å². The highest BCUT2D eigenvalue weighted by Crippen LogP contribution is 2.24. The molecule has 0 saturated heterocycles. The first-order valence-electron chi connectivity index (χ1n) is 13.3. The Morgan fingerprint density at radius 2 is 1.19 bits per heavy atom. The maximum Gasteiger partial charge on any atom is 0.123 e. The highest BCUT2D eigenvalue weighted by Gasteiger charge is 2.05. The van der Waals surface area contributed by atoms with E-state index in [2.05, 4.69) is 63.2 Å². The lowest BCUT2D eigenvalue weighted by molar-refractivity contribution is 0.288. The predicted octanol–water partition coefficient (Wildman–Crippen LogP) is 8.56. The average molecular weight is 446 g/mol. The lowest BCUT2D eigenvalue weighted by Crippen LogP contribution is -2.11. The molecule has 0 aliphatic carbocycles. The fourth-order valence-corrected chi connectivity index (χ4v) is 3.87. The Kier molecular flexibility index (Phi) is 18.0. The van der Waals surface area contributed by atoms with E-state index >= 15 is 0 Å². The van der Waals surface area contributed by atoms with E-state index in [0.29, 0.717) is 0 Å². The van der Waals surface area contributed by atoms with Crippen LogP contribution in [-0.4, -0.2) is 32.2 Å². The number of nitrogens with zero attached hydrogens (tertiary/aromatic N) is 1. The Balaban J connectivity index is 2.30. The topological polar surface area (TPSA) is 21.7 Å². The van der Waals surface area contributed by atoms with E-state index < -0.39 is 0 Å². The molecule has 184 valence electrons. The van der Waals surface area contributed by atoms with Gasteiger partial charge in [-0.15, -0.1) is 0 Å². The summed E-state index contributed by atoms with van der Waals surface area (Å²) in [6.45, 7) is 6.95. The van der Waals surface area contributed by atoms with E-state index in [9.17, 15) is 0 Å². The van der Waals surface area contributed by atoms with Crippen molar-refractivity contribution in [3.63, 3.8) is 0 Å². The van der Waals surface area contributed by atoms with Crippen molar-refractivity contribution in [2.45, 2.75) is 110 Å². The average Bonchev–Trinajstić information content (AvgIpc) is 2.76. The van der Waals surface area contributed by atoms with Gasteiger partial charge in [-0.2, -0.15) is 0 Å². The van der Waals surface area contributed by atoms with Gasteiger partial charge in [0, 0.05) is 12.6 Å². The van der Waals surface area contributed by atoms with Crippen molar-refractivity contribution in [2.75, 3.05) is 27.3 Å². The van der Waals surface area contributed by atoms with Crippen LogP contribution in [-0.2, 0) is 6.54 Å². The van der Waals surface area contributed by atoms with E-state index in [1.165, 1.54) is 76.2 Å². The summed E-state index contributed by atoms with van der Waals surface area (Å²) in [5.74, 6) is 1.90. The number of ether oxygens (including phenoxy) is 2. The van der Waals surface area contributed by atoms with Crippen LogP contribution in [0.15, 0.2) is 30.4 Å². The van der Waals surface area contributed by atoms with Gasteiger partial charge in [0.05, 0.1) is 13.2 Å². The molecule has 0 fully saturated rings. The molecule has 0 atom stereocenters. The smallest absolute Gasteiger partial charge is 0.123 e. The number of rotatable bonds is 21. The van der Waals surface area contributed by atoms with E-state index in [0.717, 1.165) is 50.5 Å². The maximum absolute atomic E-state index is 6.11. The Hall–Kier alpha value is -1.48. The SMILES string of the molecule is CC/C=C\CCCCCCCCOc1cc(CN(C)C)cc(OCCCCCCCC)c1. The van der Waals surface area contributed by atoms with Gasteiger partial charge < -0.3 is 14.4 Å². The van der Waals surface area contributed by atoms with E-state index in [1.807, 2.05) is 0 Å². The Bertz CT molecular complexity index is 583. The summed E-state index contributed by atoms with van der Waals surface area (Å²) in [6.07, 6.45) is 22.4. The van der Waals surface area contributed by atoms with Gasteiger partial charge in [0.2, 0.25) is 0 Å². The van der Waals surface area contributed by atoms with E-state index in [4.69, 9.17) is 9.47 Å². The zero-order valence-corrected chi connectivity index (χ0v) is 21.7. The van der Waals surface area contributed by atoms with Gasteiger partial charge in [-0.3, -0.25) is 0 Å². The van der Waals surface area contributed by atoms with Gasteiger partial charge in [-0.05, 0) is 63.9 Å². The molecule has 0 N–H and O–H groups in total. The monoisotopic (exact) mass is 445 g/mol. The van der Waals surface area contributed by atoms with Crippen LogP contribution in [0.3, 0.4) is 0 Å². The van der Waals surface area contributed by atoms with Crippen LogP contribution in [0.4, 0.5) is 0 Å². The van der Waals surface area contributed by atoms with Crippen molar-refractivity contribution in [3.8, 4) is 11.5 Å². The molecule has 0 unspecified atom stereocenters. The van der Waals surface area contributed by atoms with Crippen LogP contribution < -0.4 is 9.47 Å². The third-order valence-corrected chi connectivity index (χ3v) is 5.64. The standard InChI is InChI=1S/C29H51NO2/c1-5-7-9-11-13-14-15-16-18-20-22-32-29-24-27(26-30(3)4)23-28(25-29)31-21-19-17-12-10-8-6-2/h7,9,23-25H,5-6,8,10-22,26H2,1-4H3/b9-7-. The van der Waals surface area contributed by atoms with Crippen molar-refractivity contribution in [1.82, 2.24) is 4.90 Å². The zero-order valence-electron chi connectivity index (χ0n) is 21.7. The summed E-state index contributed by atoms with van der Waals surface area (Å²) in [5, 5.41) is 0. The molecule has 1 aromatic rings. The second-order valence-corrected chi connectivity index (χ2v) is 9.30. The first-order valence-corrected chi connectivity index (χ1v) is 13.3. The van der Waals surface area contributed by atoms with Crippen molar-refractivity contribution in [1.29, 1.82) is 0 Å². The molecular weight excluding hydrogens is 394 g/mol. The molecule has 3 heteroatoms. The fourth-order valence-electron chi connectivity index (χ4n) is 3.87. The predicted molar refractivity (Wildman–Crippen MR) is 140 cm³/mol. The molecule has 0 saturated carbocycles. The van der Waals surface area contributed by atoms with Gasteiger partial charge in [0.15, 0.2) is 0 Å². The second-order valence-electron chi connectivity index (χ2n) is 9.30. The third-order valence-electron chi connectivity index (χ3n) is 5.64. The quantitative estimate of drug-likeness (QED) is 0.140. The second kappa shape index (κ2) is 20.1. The summed E-state index contributed by atoms with van der Waals surface area (Å²) in [4.78, 5) is 2.19. The van der Waals surface area contributed by atoms with Gasteiger partial charge in [-0.1, -0.05) is 83.8 Å². The molecule has 0 aliphatic heterocycles. The maximum atomic E-state index is 6.11. The summed E-state index contributed by atoms with van der Waals surface area (Å²) in [5.41, 5.74) is 1.25. The Labute approximate surface area is 199 Å². The van der Waals surface area contributed by atoms with Gasteiger partial charge >= 0.3 is 0 Å². The van der Waals surface area contributed by atoms with Crippen LogP contribution in [0.5, 0.6) is 11.5 Å². The molecule has 1 rings (SSSR count). The minimum Gasteiger partial charge on any atom is -0.493 e. The van der Waals surface area contributed by atoms with Crippen molar-refractivity contribution in [2.24, 2.45) is 0 Å². The van der Waals surface area contributed by atoms with Crippen LogP contribution in [0.2, 0.25) is 0 Å². The van der Waals surface area contributed by atoms with Crippen LogP contribution >= 0.6 is 0 Å². The lowest BCUT2D eigenvalue weighted by atomic mass is 10.1. The molecular formula is C29H51NO2. The lowest BCUT2D eigenvalue weighted by Gasteiger charge is -2.15. The molecule has 0 bridgehead atoms. The van der Waals surface area contributed by atoms with Crippen LogP contribution in [0.1, 0.15) is 109 Å². The number of allylic oxidation sites excluding steroid dienone is 2. The minimum atomic E-state index is 0.793. The molecule has 0 aromatic heterocycles. The molecule has 0 heterocycles. The summed E-state index contributed by atoms with van der Waals surface area (Å²) in [6, 6.07) is 6.40. The summed E-state index contributed by atoms with van der Waals surface area (Å²) < 4.78 is 12.2. The Morgan fingerprint density at radius 3 is 1.72 bits per heavy atom. The first kappa shape index (κ1) is 28.6.